The summed E-state index contributed by atoms with van der Waals surface area (Å²) >= 11 is 5.96. The molecule has 0 aliphatic heterocycles. The molecule has 3 nitrogen and oxygen atoms in total. The van der Waals surface area contributed by atoms with E-state index in [-0.39, 0.29) is 12.3 Å². The number of rotatable bonds is 2. The van der Waals surface area contributed by atoms with Crippen LogP contribution in [0.5, 0.6) is 0 Å². The van der Waals surface area contributed by atoms with E-state index in [1.165, 1.54) is 0 Å². The van der Waals surface area contributed by atoms with E-state index in [0.29, 0.717) is 16.1 Å². The third kappa shape index (κ3) is 1.71. The first kappa shape index (κ1) is 10.1. The molecule has 15 heavy (non-hydrogen) atoms. The SMILES string of the molecule is NCC(=O)c1c(Cl)ccc2cccnc12. The quantitative estimate of drug-likeness (QED) is 0.788. The Morgan fingerprint density at radius 1 is 1.40 bits per heavy atom. The fourth-order valence-corrected chi connectivity index (χ4v) is 1.75. The number of pyridine rings is 1. The number of nitrogens with zero attached hydrogens (tertiary/aromatic N) is 1. The Morgan fingerprint density at radius 2 is 2.20 bits per heavy atom. The maximum absolute atomic E-state index is 11.6. The van der Waals surface area contributed by atoms with Crippen molar-refractivity contribution in [2.75, 3.05) is 6.54 Å². The van der Waals surface area contributed by atoms with E-state index < -0.39 is 0 Å². The van der Waals surface area contributed by atoms with Gasteiger partial charge in [-0.3, -0.25) is 9.78 Å². The lowest BCUT2D eigenvalue weighted by molar-refractivity contribution is 0.100. The van der Waals surface area contributed by atoms with Gasteiger partial charge in [-0.1, -0.05) is 23.7 Å². The fraction of sp³-hybridized carbons (Fsp3) is 0.0909. The number of carbonyl (C=O) groups is 1. The molecule has 76 valence electrons. The number of fused-ring (bicyclic) bond motifs is 1. The maximum Gasteiger partial charge on any atom is 0.180 e. The van der Waals surface area contributed by atoms with E-state index >= 15 is 0 Å². The summed E-state index contributed by atoms with van der Waals surface area (Å²) in [4.78, 5) is 15.7. The number of aromatic nitrogens is 1. The average molecular weight is 221 g/mol. The van der Waals surface area contributed by atoms with E-state index in [4.69, 9.17) is 17.3 Å². The number of nitrogens with two attached hydrogens (primary N) is 1. The molecule has 1 aromatic heterocycles. The Balaban J connectivity index is 2.79. The van der Waals surface area contributed by atoms with Crippen molar-refractivity contribution in [1.82, 2.24) is 4.98 Å². The second-order valence-electron chi connectivity index (χ2n) is 3.12. The minimum atomic E-state index is -0.190. The maximum atomic E-state index is 11.6. The number of ketones is 1. The molecule has 0 bridgehead atoms. The minimum absolute atomic E-state index is 0.0601. The van der Waals surface area contributed by atoms with Crippen molar-refractivity contribution in [3.8, 4) is 0 Å². The Kier molecular flexibility index (Phi) is 2.66. The van der Waals surface area contributed by atoms with E-state index in [9.17, 15) is 4.79 Å². The van der Waals surface area contributed by atoms with Gasteiger partial charge in [0.1, 0.15) is 0 Å². The molecule has 0 amide bonds. The Labute approximate surface area is 91.9 Å². The predicted molar refractivity (Wildman–Crippen MR) is 60.1 cm³/mol. The highest BCUT2D eigenvalue weighted by atomic mass is 35.5. The molecule has 0 saturated carbocycles. The molecule has 0 aliphatic rings. The number of hydrogen-bond donors (Lipinski definition) is 1. The zero-order chi connectivity index (χ0) is 10.8. The van der Waals surface area contributed by atoms with Crippen LogP contribution in [0.25, 0.3) is 10.9 Å². The number of hydrogen-bond acceptors (Lipinski definition) is 3. The summed E-state index contributed by atoms with van der Waals surface area (Å²) in [6.45, 7) is -0.0601. The van der Waals surface area contributed by atoms with Crippen LogP contribution in [-0.2, 0) is 0 Å². The zero-order valence-corrected chi connectivity index (χ0v) is 8.66. The second-order valence-corrected chi connectivity index (χ2v) is 3.53. The average Bonchev–Trinajstić information content (AvgIpc) is 2.28. The van der Waals surface area contributed by atoms with Gasteiger partial charge in [-0.25, -0.2) is 0 Å². The van der Waals surface area contributed by atoms with Gasteiger partial charge in [0.15, 0.2) is 5.78 Å². The molecule has 2 rings (SSSR count). The van der Waals surface area contributed by atoms with E-state index in [1.54, 1.807) is 12.3 Å². The van der Waals surface area contributed by atoms with Gasteiger partial charge in [-0.15, -0.1) is 0 Å². The van der Waals surface area contributed by atoms with Crippen LogP contribution in [0.1, 0.15) is 10.4 Å². The van der Waals surface area contributed by atoms with Crippen LogP contribution in [0.4, 0.5) is 0 Å². The first-order chi connectivity index (χ1) is 7.24. The third-order valence-electron chi connectivity index (χ3n) is 2.19. The molecule has 1 heterocycles. The van der Waals surface area contributed by atoms with Crippen molar-refractivity contribution < 1.29 is 4.79 Å². The van der Waals surface area contributed by atoms with Gasteiger partial charge in [-0.2, -0.15) is 0 Å². The van der Waals surface area contributed by atoms with Crippen molar-refractivity contribution in [2.24, 2.45) is 5.73 Å². The lowest BCUT2D eigenvalue weighted by atomic mass is 10.1. The molecule has 0 atom stereocenters. The van der Waals surface area contributed by atoms with Crippen molar-refractivity contribution in [3.63, 3.8) is 0 Å². The molecule has 4 heteroatoms. The fourth-order valence-electron chi connectivity index (χ4n) is 1.49. The van der Waals surface area contributed by atoms with E-state index in [2.05, 4.69) is 4.98 Å². The minimum Gasteiger partial charge on any atom is -0.324 e. The highest BCUT2D eigenvalue weighted by Crippen LogP contribution is 2.24. The molecule has 2 N–H and O–H groups in total. The van der Waals surface area contributed by atoms with Crippen LogP contribution in [0.2, 0.25) is 5.02 Å². The Morgan fingerprint density at radius 3 is 2.93 bits per heavy atom. The summed E-state index contributed by atoms with van der Waals surface area (Å²) in [6, 6.07) is 7.21. The van der Waals surface area contributed by atoms with Gasteiger partial charge in [0, 0.05) is 11.6 Å². The highest BCUT2D eigenvalue weighted by molar-refractivity contribution is 6.35. The van der Waals surface area contributed by atoms with Crippen LogP contribution in [-0.4, -0.2) is 17.3 Å². The van der Waals surface area contributed by atoms with Crippen LogP contribution < -0.4 is 5.73 Å². The van der Waals surface area contributed by atoms with Crippen LogP contribution in [0.15, 0.2) is 30.5 Å². The normalized spacial score (nSPS) is 10.5. The van der Waals surface area contributed by atoms with Crippen LogP contribution in [0, 0.1) is 0 Å². The first-order valence-electron chi connectivity index (χ1n) is 4.50. The number of Topliss-reactive ketones (excluding diaryl/α,β-unsaturated/α-hetero) is 1. The Hall–Kier alpha value is -1.45. The molecule has 1 aromatic carbocycles. The van der Waals surface area contributed by atoms with E-state index in [1.807, 2.05) is 18.2 Å². The summed E-state index contributed by atoms with van der Waals surface area (Å²) in [5.41, 5.74) is 6.35. The van der Waals surface area contributed by atoms with Crippen molar-refractivity contribution in [3.05, 3.63) is 41.0 Å². The number of benzene rings is 1. The summed E-state index contributed by atoms with van der Waals surface area (Å²) < 4.78 is 0. The first-order valence-corrected chi connectivity index (χ1v) is 4.88. The zero-order valence-electron chi connectivity index (χ0n) is 7.90. The topological polar surface area (TPSA) is 56.0 Å². The number of halogens is 1. The van der Waals surface area contributed by atoms with Crippen molar-refractivity contribution in [2.45, 2.75) is 0 Å². The smallest absolute Gasteiger partial charge is 0.180 e. The Bertz CT molecular complexity index is 525. The van der Waals surface area contributed by atoms with Gasteiger partial charge in [0.05, 0.1) is 22.6 Å². The second kappa shape index (κ2) is 3.96. The molecule has 0 fully saturated rings. The molecule has 0 radical (unpaired) electrons. The molecule has 0 aliphatic carbocycles. The van der Waals surface area contributed by atoms with Gasteiger partial charge in [-0.05, 0) is 12.1 Å². The van der Waals surface area contributed by atoms with Gasteiger partial charge < -0.3 is 5.73 Å². The van der Waals surface area contributed by atoms with Crippen LogP contribution >= 0.6 is 11.6 Å². The van der Waals surface area contributed by atoms with Crippen LogP contribution in [0.3, 0.4) is 0 Å². The summed E-state index contributed by atoms with van der Waals surface area (Å²) in [6.07, 6.45) is 1.63. The standard InChI is InChI=1S/C11H9ClN2O/c12-8-4-3-7-2-1-5-14-11(7)10(8)9(15)6-13/h1-5H,6,13H2. The monoisotopic (exact) mass is 220 g/mol. The highest BCUT2D eigenvalue weighted by Gasteiger charge is 2.13. The molecule has 0 spiro atoms. The molecule has 0 unspecified atom stereocenters. The lowest BCUT2D eigenvalue weighted by Crippen LogP contribution is -2.14. The van der Waals surface area contributed by atoms with Crippen molar-refractivity contribution in [1.29, 1.82) is 0 Å². The lowest BCUT2D eigenvalue weighted by Gasteiger charge is -2.05. The third-order valence-corrected chi connectivity index (χ3v) is 2.50. The van der Waals surface area contributed by atoms with E-state index in [0.717, 1.165) is 5.39 Å². The summed E-state index contributed by atoms with van der Waals surface area (Å²) in [7, 11) is 0. The molecule has 2 aromatic rings. The molecular weight excluding hydrogens is 212 g/mol. The number of carbonyl (C=O) groups excluding carboxylic acids is 1. The van der Waals surface area contributed by atoms with Gasteiger partial charge >= 0.3 is 0 Å². The molecular formula is C11H9ClN2O. The molecule has 0 saturated heterocycles. The summed E-state index contributed by atoms with van der Waals surface area (Å²) in [5.74, 6) is -0.190. The van der Waals surface area contributed by atoms with Gasteiger partial charge in [0.2, 0.25) is 0 Å². The predicted octanol–water partition coefficient (Wildman–Crippen LogP) is 2.03. The van der Waals surface area contributed by atoms with Gasteiger partial charge in [0.25, 0.3) is 0 Å². The largest absolute Gasteiger partial charge is 0.324 e. The van der Waals surface area contributed by atoms with Crippen molar-refractivity contribution >= 4 is 28.3 Å². The summed E-state index contributed by atoms with van der Waals surface area (Å²) in [5, 5.41) is 1.29.